The lowest BCUT2D eigenvalue weighted by atomic mass is 9.96. The summed E-state index contributed by atoms with van der Waals surface area (Å²) in [6.45, 7) is 3.89. The first-order valence-electron chi connectivity index (χ1n) is 13.0. The molecule has 0 spiro atoms. The quantitative estimate of drug-likeness (QED) is 0.143. The highest BCUT2D eigenvalue weighted by Gasteiger charge is 2.33. The number of aromatic nitrogens is 1. The molecule has 3 aromatic carbocycles. The summed E-state index contributed by atoms with van der Waals surface area (Å²) in [5, 5.41) is 1.59. The van der Waals surface area contributed by atoms with E-state index >= 15 is 0 Å². The number of benzene rings is 3. The highest BCUT2D eigenvalue weighted by Crippen LogP contribution is 2.36. The zero-order valence-electron chi connectivity index (χ0n) is 23.1. The van der Waals surface area contributed by atoms with E-state index < -0.39 is 12.0 Å². The maximum absolute atomic E-state index is 13.9. The lowest BCUT2D eigenvalue weighted by molar-refractivity contribution is -0.139. The molecule has 1 unspecified atom stereocenters. The minimum Gasteiger partial charge on any atom is -0.493 e. The Morgan fingerprint density at radius 1 is 1.09 bits per heavy atom. The van der Waals surface area contributed by atoms with Gasteiger partial charge in [-0.1, -0.05) is 64.3 Å². The van der Waals surface area contributed by atoms with Crippen molar-refractivity contribution in [3.05, 3.63) is 121 Å². The molecule has 0 amide bonds. The molecule has 0 saturated carbocycles. The Morgan fingerprint density at radius 2 is 1.81 bits per heavy atom. The molecule has 5 rings (SSSR count). The molecule has 2 heterocycles. The summed E-state index contributed by atoms with van der Waals surface area (Å²) < 4.78 is 19.8. The van der Waals surface area contributed by atoms with Crippen LogP contribution in [0.4, 0.5) is 0 Å². The standard InChI is InChI=1S/C31H24Cl3IN2O5S/c1-4-41-30(39)26-16(2)36-31-37(27(26)18-5-8-20(32)9-6-18)29(38)25(43-31)13-17-11-23(35)28(24(12-17)40-3)42-15-19-7-10-21(33)14-22(19)34/h5-14,27H,4,15H2,1-3H3/b25-13+. The van der Waals surface area contributed by atoms with Crippen LogP contribution in [0.15, 0.2) is 75.7 Å². The van der Waals surface area contributed by atoms with Crippen molar-refractivity contribution in [3.8, 4) is 11.5 Å². The average molecular weight is 770 g/mol. The number of hydrogen-bond acceptors (Lipinski definition) is 7. The Bertz CT molecular complexity index is 1940. The predicted octanol–water partition coefficient (Wildman–Crippen LogP) is 6.95. The van der Waals surface area contributed by atoms with Crippen LogP contribution in [0.3, 0.4) is 0 Å². The molecule has 0 aliphatic carbocycles. The lowest BCUT2D eigenvalue weighted by Crippen LogP contribution is -2.39. The van der Waals surface area contributed by atoms with Gasteiger partial charge in [0, 0.05) is 20.6 Å². The van der Waals surface area contributed by atoms with E-state index in [-0.39, 0.29) is 18.8 Å². The molecule has 4 aromatic rings. The van der Waals surface area contributed by atoms with E-state index in [0.29, 0.717) is 52.7 Å². The fraction of sp³-hybridized carbons (Fsp3) is 0.194. The zero-order valence-corrected chi connectivity index (χ0v) is 28.4. The van der Waals surface area contributed by atoms with E-state index in [0.717, 1.165) is 14.7 Å². The van der Waals surface area contributed by atoms with Gasteiger partial charge in [0.1, 0.15) is 6.61 Å². The topological polar surface area (TPSA) is 79.1 Å². The Hall–Kier alpha value is -2.83. The number of methoxy groups -OCH3 is 1. The molecular formula is C31H24Cl3IN2O5S. The lowest BCUT2D eigenvalue weighted by Gasteiger charge is -2.24. The minimum atomic E-state index is -0.722. The van der Waals surface area contributed by atoms with Crippen molar-refractivity contribution in [3.63, 3.8) is 0 Å². The van der Waals surface area contributed by atoms with E-state index in [2.05, 4.69) is 27.6 Å². The number of carbonyl (C=O) groups excluding carboxylic acids is 1. The molecule has 1 aliphatic rings. The molecular weight excluding hydrogens is 746 g/mol. The summed E-state index contributed by atoms with van der Waals surface area (Å²) in [6.07, 6.45) is 1.77. The third kappa shape index (κ3) is 6.66. The van der Waals surface area contributed by atoms with Crippen LogP contribution in [0, 0.1) is 3.57 Å². The van der Waals surface area contributed by atoms with Gasteiger partial charge in [-0.15, -0.1) is 0 Å². The SMILES string of the molecule is CCOC(=O)C1=C(C)N=c2s/c(=C/c3cc(I)c(OCc4ccc(Cl)cc4Cl)c(OC)c3)c(=O)n2C1c1ccc(Cl)cc1. The maximum Gasteiger partial charge on any atom is 0.338 e. The fourth-order valence-electron chi connectivity index (χ4n) is 4.66. The van der Waals surface area contributed by atoms with Crippen molar-refractivity contribution >= 4 is 80.8 Å². The Kier molecular flexibility index (Phi) is 9.87. The van der Waals surface area contributed by atoms with Crippen LogP contribution in [0.1, 0.15) is 36.6 Å². The van der Waals surface area contributed by atoms with Gasteiger partial charge in [0.05, 0.1) is 39.1 Å². The summed E-state index contributed by atoms with van der Waals surface area (Å²) in [5.41, 5.74) is 2.73. The van der Waals surface area contributed by atoms with Gasteiger partial charge in [-0.25, -0.2) is 9.79 Å². The third-order valence-electron chi connectivity index (χ3n) is 6.64. The Labute approximate surface area is 280 Å². The van der Waals surface area contributed by atoms with Crippen molar-refractivity contribution in [2.45, 2.75) is 26.5 Å². The molecule has 1 atom stereocenters. The Morgan fingerprint density at radius 3 is 2.49 bits per heavy atom. The third-order valence-corrected chi connectivity index (χ3v) is 9.26. The zero-order chi connectivity index (χ0) is 30.8. The van der Waals surface area contributed by atoms with Crippen LogP contribution in [0.25, 0.3) is 6.08 Å². The largest absolute Gasteiger partial charge is 0.493 e. The first-order valence-corrected chi connectivity index (χ1v) is 16.0. The van der Waals surface area contributed by atoms with Gasteiger partial charge in [0.2, 0.25) is 0 Å². The van der Waals surface area contributed by atoms with Crippen LogP contribution >= 0.6 is 68.7 Å². The highest BCUT2D eigenvalue weighted by molar-refractivity contribution is 14.1. The molecule has 7 nitrogen and oxygen atoms in total. The molecule has 1 aliphatic heterocycles. The summed E-state index contributed by atoms with van der Waals surface area (Å²) in [7, 11) is 1.55. The number of fused-ring (bicyclic) bond motifs is 1. The van der Waals surface area contributed by atoms with Crippen LogP contribution < -0.4 is 24.4 Å². The van der Waals surface area contributed by atoms with E-state index in [9.17, 15) is 9.59 Å². The summed E-state index contributed by atoms with van der Waals surface area (Å²) in [4.78, 5) is 32.1. The number of hydrogen-bond donors (Lipinski definition) is 0. The molecule has 0 bridgehead atoms. The molecule has 0 N–H and O–H groups in total. The van der Waals surface area contributed by atoms with Gasteiger partial charge in [0.15, 0.2) is 16.3 Å². The molecule has 0 fully saturated rings. The number of nitrogens with zero attached hydrogens (tertiary/aromatic N) is 2. The van der Waals surface area contributed by atoms with Crippen LogP contribution in [-0.4, -0.2) is 24.3 Å². The minimum absolute atomic E-state index is 0.195. The van der Waals surface area contributed by atoms with E-state index in [1.165, 1.54) is 15.9 Å². The van der Waals surface area contributed by atoms with Gasteiger partial charge >= 0.3 is 5.97 Å². The van der Waals surface area contributed by atoms with Gasteiger partial charge in [0.25, 0.3) is 5.56 Å². The van der Waals surface area contributed by atoms with Crippen molar-refractivity contribution in [1.82, 2.24) is 4.57 Å². The molecule has 0 saturated heterocycles. The van der Waals surface area contributed by atoms with E-state index in [1.54, 1.807) is 69.5 Å². The van der Waals surface area contributed by atoms with Crippen LogP contribution in [0.5, 0.6) is 11.5 Å². The van der Waals surface area contributed by atoms with Gasteiger partial charge in [-0.2, -0.15) is 0 Å². The van der Waals surface area contributed by atoms with Crippen molar-refractivity contribution < 1.29 is 19.0 Å². The number of carbonyl (C=O) groups is 1. The number of rotatable bonds is 8. The van der Waals surface area contributed by atoms with Gasteiger partial charge in [-0.3, -0.25) is 9.36 Å². The van der Waals surface area contributed by atoms with Crippen molar-refractivity contribution in [1.29, 1.82) is 0 Å². The summed E-state index contributed by atoms with van der Waals surface area (Å²) >= 11 is 21.9. The normalized spacial score (nSPS) is 14.8. The number of thiazole rings is 1. The number of esters is 1. The molecule has 43 heavy (non-hydrogen) atoms. The predicted molar refractivity (Wildman–Crippen MR) is 178 cm³/mol. The van der Waals surface area contributed by atoms with Crippen molar-refractivity contribution in [2.24, 2.45) is 4.99 Å². The number of allylic oxidation sites excluding steroid dienone is 1. The van der Waals surface area contributed by atoms with Crippen LogP contribution in [-0.2, 0) is 16.1 Å². The first kappa shape index (κ1) is 31.6. The Balaban J connectivity index is 1.56. The van der Waals surface area contributed by atoms with E-state index in [1.807, 2.05) is 12.1 Å². The maximum atomic E-state index is 13.9. The smallest absolute Gasteiger partial charge is 0.338 e. The van der Waals surface area contributed by atoms with Gasteiger partial charge in [-0.05, 0) is 90.0 Å². The van der Waals surface area contributed by atoms with E-state index in [4.69, 9.17) is 49.0 Å². The second-order valence-corrected chi connectivity index (χ2v) is 12.9. The second-order valence-electron chi connectivity index (χ2n) is 9.41. The van der Waals surface area contributed by atoms with Crippen molar-refractivity contribution in [2.75, 3.05) is 13.7 Å². The van der Waals surface area contributed by atoms with Gasteiger partial charge < -0.3 is 14.2 Å². The average Bonchev–Trinajstić information content (AvgIpc) is 3.26. The summed E-state index contributed by atoms with van der Waals surface area (Å²) in [5.74, 6) is 0.522. The van der Waals surface area contributed by atoms with Crippen LogP contribution in [0.2, 0.25) is 15.1 Å². The number of ether oxygens (including phenoxy) is 3. The summed E-state index contributed by atoms with van der Waals surface area (Å²) in [6, 6.07) is 15.2. The molecule has 222 valence electrons. The molecule has 1 aromatic heterocycles. The number of halogens is 4. The first-order chi connectivity index (χ1) is 20.6. The highest BCUT2D eigenvalue weighted by atomic mass is 127. The molecule has 12 heteroatoms. The molecule has 0 radical (unpaired) electrons. The fourth-order valence-corrected chi connectivity index (χ4v) is 7.07. The second kappa shape index (κ2) is 13.4. The monoisotopic (exact) mass is 768 g/mol.